The van der Waals surface area contributed by atoms with Gasteiger partial charge in [-0.25, -0.2) is 0 Å². The minimum absolute atomic E-state index is 0. The number of hydrogen-bond acceptors (Lipinski definition) is 0. The second-order valence-electron chi connectivity index (χ2n) is 3.23. The summed E-state index contributed by atoms with van der Waals surface area (Å²) >= 11 is 0. The molecule has 0 nitrogen and oxygen atoms in total. The zero-order valence-electron chi connectivity index (χ0n) is 11.9. The van der Waals surface area contributed by atoms with Crippen molar-refractivity contribution in [1.82, 2.24) is 0 Å². The Bertz CT molecular complexity index is 312. The maximum absolute atomic E-state index is 2.89. The third-order valence-electron chi connectivity index (χ3n) is 1.82. The molecule has 0 aliphatic rings. The van der Waals surface area contributed by atoms with Crippen LogP contribution in [0.1, 0.15) is 0 Å². The van der Waals surface area contributed by atoms with Crippen LogP contribution in [0.2, 0.25) is 0 Å². The van der Waals surface area contributed by atoms with Crippen LogP contribution in [-0.4, -0.2) is 0 Å². The Morgan fingerprint density at radius 1 is 0.364 bits per heavy atom. The van der Waals surface area contributed by atoms with E-state index < -0.39 is 0 Å². The van der Waals surface area contributed by atoms with E-state index >= 15 is 0 Å². The monoisotopic (exact) mass is 530 g/mol. The van der Waals surface area contributed by atoms with E-state index in [1.54, 1.807) is 0 Å². The van der Waals surface area contributed by atoms with Gasteiger partial charge in [-0.15, -0.1) is 0 Å². The fraction of sp³-hybridized carbons (Fsp3) is 0. The number of rotatable bonds is 0. The van der Waals surface area contributed by atoms with Crippen molar-refractivity contribution in [3.05, 3.63) is 109 Å². The summed E-state index contributed by atoms with van der Waals surface area (Å²) in [6.45, 7) is 0. The third-order valence-corrected chi connectivity index (χ3v) is 1.82. The van der Waals surface area contributed by atoms with E-state index in [0.29, 0.717) is 0 Å². The van der Waals surface area contributed by atoms with Crippen molar-refractivity contribution in [3.8, 4) is 0 Å². The Balaban J connectivity index is -0.000000101. The summed E-state index contributed by atoms with van der Waals surface area (Å²) in [4.78, 5) is 0. The molecule has 0 aromatic heterocycles. The van der Waals surface area contributed by atoms with E-state index in [1.807, 2.05) is 91.0 Å². The summed E-state index contributed by atoms with van der Waals surface area (Å²) < 4.78 is 0. The molecule has 1 atom stereocenters. The smallest absolute Gasteiger partial charge is 1.00 e. The van der Waals surface area contributed by atoms with E-state index in [4.69, 9.17) is 0 Å². The molecule has 22 heavy (non-hydrogen) atoms. The molecule has 0 heterocycles. The van der Waals surface area contributed by atoms with E-state index in [-0.39, 0.29) is 55.8 Å². The second kappa shape index (κ2) is 25.3. The molecule has 3 aromatic carbocycles. The van der Waals surface area contributed by atoms with Crippen molar-refractivity contribution < 1.29 is 45.9 Å². The van der Waals surface area contributed by atoms with Crippen molar-refractivity contribution in [2.45, 2.75) is 0 Å². The molecule has 3 aromatic rings. The average molecular weight is 531 g/mol. The maximum Gasteiger partial charge on any atom is 2.00 e. The quantitative estimate of drug-likeness (QED) is 0.246. The molecule has 3 rings (SSSR count). The normalized spacial score (nSPS) is 6.55. The molecule has 0 radical (unpaired) electrons. The first-order valence-corrected chi connectivity index (χ1v) is 5.73. The Hall–Kier alpha value is -0.642. The Morgan fingerprint density at radius 2 is 0.545 bits per heavy atom. The van der Waals surface area contributed by atoms with Gasteiger partial charge < -0.3 is 24.8 Å². The molecule has 0 bridgehead atoms. The van der Waals surface area contributed by atoms with Gasteiger partial charge in [0.25, 0.3) is 0 Å². The first-order chi connectivity index (χ1) is 9.00. The average Bonchev–Trinajstić information content (AvgIpc) is 2.54. The summed E-state index contributed by atoms with van der Waals surface area (Å²) in [5, 5.41) is 0. The van der Waals surface area contributed by atoms with Crippen LogP contribution >= 0.6 is 9.90 Å². The van der Waals surface area contributed by atoms with Crippen LogP contribution in [0.15, 0.2) is 91.0 Å². The predicted molar refractivity (Wildman–Crippen MR) is 86.9 cm³/mol. The summed E-state index contributed by atoms with van der Waals surface area (Å²) in [5.41, 5.74) is 0. The molecule has 0 saturated heterocycles. The van der Waals surface area contributed by atoms with Gasteiger partial charge >= 0.3 is 21.1 Å². The van der Waals surface area contributed by atoms with Gasteiger partial charge in [0, 0.05) is 0 Å². The van der Waals surface area contributed by atoms with Gasteiger partial charge in [0.1, 0.15) is 0 Å². The van der Waals surface area contributed by atoms with Gasteiger partial charge in [-0.3, -0.25) is 0 Å². The van der Waals surface area contributed by atoms with E-state index in [9.17, 15) is 0 Å². The zero-order valence-corrected chi connectivity index (χ0v) is 17.1. The molecular weight excluding hydrogens is 513 g/mol. The van der Waals surface area contributed by atoms with E-state index in [1.165, 1.54) is 0 Å². The van der Waals surface area contributed by atoms with Gasteiger partial charge in [-0.2, -0.15) is 119 Å². The molecule has 122 valence electrons. The van der Waals surface area contributed by atoms with Crippen LogP contribution in [-0.2, 0) is 21.1 Å². The summed E-state index contributed by atoms with van der Waals surface area (Å²) in [6, 6.07) is 37.5. The minimum Gasteiger partial charge on any atom is -1.00 e. The summed E-state index contributed by atoms with van der Waals surface area (Å²) in [7, 11) is 0. The summed E-state index contributed by atoms with van der Waals surface area (Å²) in [5.74, 6) is 0. The maximum atomic E-state index is 2.89. The van der Waals surface area contributed by atoms with E-state index in [2.05, 4.69) is 18.2 Å². The molecule has 4 heteroatoms. The molecule has 0 fully saturated rings. The first kappa shape index (κ1) is 29.4. The molecule has 0 aliphatic heterocycles. The Morgan fingerprint density at radius 3 is 0.591 bits per heavy atom. The minimum atomic E-state index is 0. The van der Waals surface area contributed by atoms with Gasteiger partial charge in [0.15, 0.2) is 0 Å². The van der Waals surface area contributed by atoms with Gasteiger partial charge in [0.05, 0.1) is 0 Å². The SMILES string of the molecule is P.[Cl-].[Cl-].[Pt+2].[c-]1ccccc1.[c-]1ccccc1.[c-]1ccccc1. The van der Waals surface area contributed by atoms with Crippen molar-refractivity contribution in [1.29, 1.82) is 0 Å². The van der Waals surface area contributed by atoms with Crippen molar-refractivity contribution in [2.24, 2.45) is 0 Å². The number of hydrogen-bond donors (Lipinski definition) is 0. The molecule has 1 unspecified atom stereocenters. The van der Waals surface area contributed by atoms with Crippen LogP contribution in [0.5, 0.6) is 0 Å². The standard InChI is InChI=1S/3C6H5.2ClH.H3P.Pt/c3*1-2-4-6-5-3-1;;;;/h3*1-5H;2*1H;1H3;/q3*-1;;;;+2/p-2. The van der Waals surface area contributed by atoms with Crippen LogP contribution in [0.25, 0.3) is 0 Å². The first-order valence-electron chi connectivity index (χ1n) is 5.73. The van der Waals surface area contributed by atoms with Crippen molar-refractivity contribution >= 4 is 9.90 Å². The van der Waals surface area contributed by atoms with Crippen LogP contribution < -0.4 is 24.8 Å². The summed E-state index contributed by atoms with van der Waals surface area (Å²) in [6.07, 6.45) is 0. The van der Waals surface area contributed by atoms with Gasteiger partial charge in [-0.1, -0.05) is 0 Å². The van der Waals surface area contributed by atoms with Crippen LogP contribution in [0.3, 0.4) is 0 Å². The molecule has 0 saturated carbocycles. The molecule has 0 N–H and O–H groups in total. The molecule has 0 amide bonds. The molecule has 0 aliphatic carbocycles. The Labute approximate surface area is 164 Å². The predicted octanol–water partition coefficient (Wildman–Crippen LogP) is -1.48. The third kappa shape index (κ3) is 21.7. The second-order valence-corrected chi connectivity index (χ2v) is 3.23. The topological polar surface area (TPSA) is 0 Å². The fourth-order valence-electron chi connectivity index (χ4n) is 1.03. The molecular formula is C18H18Cl2PPt-3. The van der Waals surface area contributed by atoms with E-state index in [0.717, 1.165) is 0 Å². The van der Waals surface area contributed by atoms with Crippen LogP contribution in [0, 0.1) is 18.2 Å². The van der Waals surface area contributed by atoms with Gasteiger partial charge in [0.2, 0.25) is 0 Å². The molecule has 0 spiro atoms. The number of benzene rings is 3. The Kier molecular flexibility index (Phi) is 33.8. The fourth-order valence-corrected chi connectivity index (χ4v) is 1.03. The largest absolute Gasteiger partial charge is 2.00 e. The zero-order chi connectivity index (χ0) is 12.7. The van der Waals surface area contributed by atoms with Crippen molar-refractivity contribution in [3.63, 3.8) is 0 Å². The van der Waals surface area contributed by atoms with Crippen molar-refractivity contribution in [2.75, 3.05) is 0 Å². The van der Waals surface area contributed by atoms with Crippen LogP contribution in [0.4, 0.5) is 0 Å². The number of halogens is 2. The van der Waals surface area contributed by atoms with Gasteiger partial charge in [-0.05, 0) is 0 Å².